The minimum absolute atomic E-state index is 0.196. The van der Waals surface area contributed by atoms with Crippen molar-refractivity contribution in [2.45, 2.75) is 46.0 Å². The molecule has 0 N–H and O–H groups in total. The van der Waals surface area contributed by atoms with Crippen molar-refractivity contribution in [3.8, 4) is 28.4 Å². The molecule has 37 heavy (non-hydrogen) atoms. The van der Waals surface area contributed by atoms with Crippen molar-refractivity contribution in [3.63, 3.8) is 0 Å². The minimum atomic E-state index is 0.196. The van der Waals surface area contributed by atoms with Crippen LogP contribution in [0, 0.1) is 5.41 Å². The fraction of sp³-hybridized carbons (Fsp3) is 0.394. The monoisotopic (exact) mass is 500 g/mol. The first kappa shape index (κ1) is 26.8. The van der Waals surface area contributed by atoms with Gasteiger partial charge < -0.3 is 18.9 Å². The fourth-order valence-electron chi connectivity index (χ4n) is 4.28. The molecule has 0 aliphatic carbocycles. The molecule has 4 nitrogen and oxygen atoms in total. The summed E-state index contributed by atoms with van der Waals surface area (Å²) in [6, 6.07) is 24.8. The third-order valence-corrected chi connectivity index (χ3v) is 7.08. The standard InChI is InChI=1S/C33H40O4/c1-4-33(23-34-24-33)25-37-32-19-13-29(14-20-32)28-11-17-31(18-12-28)36-22-8-6-5-7-21-35-30-15-9-27(10-16-30)26(2)3/h9-20H,2,4-8,21-25H2,1,3H3. The van der Waals surface area contributed by atoms with Crippen LogP contribution in [-0.2, 0) is 4.74 Å². The first-order valence-electron chi connectivity index (χ1n) is 13.5. The van der Waals surface area contributed by atoms with Gasteiger partial charge in [0.25, 0.3) is 0 Å². The van der Waals surface area contributed by atoms with Gasteiger partial charge in [0.2, 0.25) is 0 Å². The number of ether oxygens (including phenoxy) is 4. The van der Waals surface area contributed by atoms with E-state index in [9.17, 15) is 0 Å². The van der Waals surface area contributed by atoms with Crippen LogP contribution in [-0.4, -0.2) is 33.0 Å². The first-order valence-corrected chi connectivity index (χ1v) is 13.5. The van der Waals surface area contributed by atoms with E-state index in [-0.39, 0.29) is 5.41 Å². The minimum Gasteiger partial charge on any atom is -0.494 e. The Kier molecular flexibility index (Phi) is 9.67. The Labute approximate surface area is 222 Å². The van der Waals surface area contributed by atoms with E-state index in [1.807, 2.05) is 43.3 Å². The summed E-state index contributed by atoms with van der Waals surface area (Å²) < 4.78 is 23.2. The van der Waals surface area contributed by atoms with Crippen LogP contribution in [0.15, 0.2) is 79.4 Å². The van der Waals surface area contributed by atoms with Gasteiger partial charge in [0.15, 0.2) is 0 Å². The van der Waals surface area contributed by atoms with Gasteiger partial charge >= 0.3 is 0 Å². The molecular weight excluding hydrogens is 460 g/mol. The maximum Gasteiger partial charge on any atom is 0.119 e. The van der Waals surface area contributed by atoms with E-state index in [0.717, 1.165) is 86.9 Å². The molecule has 0 atom stereocenters. The van der Waals surface area contributed by atoms with Gasteiger partial charge in [0, 0.05) is 0 Å². The van der Waals surface area contributed by atoms with Gasteiger partial charge in [0.1, 0.15) is 17.2 Å². The zero-order chi connectivity index (χ0) is 25.9. The van der Waals surface area contributed by atoms with Crippen molar-refractivity contribution in [1.82, 2.24) is 0 Å². The van der Waals surface area contributed by atoms with Gasteiger partial charge in [-0.2, -0.15) is 0 Å². The lowest BCUT2D eigenvalue weighted by molar-refractivity contribution is -0.133. The average Bonchev–Trinajstić information content (AvgIpc) is 2.91. The molecule has 3 aromatic rings. The lowest BCUT2D eigenvalue weighted by Crippen LogP contribution is -2.46. The highest BCUT2D eigenvalue weighted by molar-refractivity contribution is 5.65. The van der Waals surface area contributed by atoms with E-state index in [4.69, 9.17) is 18.9 Å². The molecule has 0 saturated carbocycles. The SMILES string of the molecule is C=C(C)c1ccc(OCCCCCCOc2ccc(-c3ccc(OCC4(CC)COC4)cc3)cc2)cc1. The predicted molar refractivity (Wildman–Crippen MR) is 152 cm³/mol. The molecular formula is C33H40O4. The Bertz CT molecular complexity index is 1090. The summed E-state index contributed by atoms with van der Waals surface area (Å²) in [6.45, 7) is 12.0. The van der Waals surface area contributed by atoms with Crippen molar-refractivity contribution in [2.75, 3.05) is 33.0 Å². The molecule has 0 radical (unpaired) electrons. The topological polar surface area (TPSA) is 36.9 Å². The molecule has 3 aromatic carbocycles. The van der Waals surface area contributed by atoms with Crippen LogP contribution < -0.4 is 14.2 Å². The third-order valence-electron chi connectivity index (χ3n) is 7.08. The van der Waals surface area contributed by atoms with Crippen molar-refractivity contribution in [2.24, 2.45) is 5.41 Å². The molecule has 0 spiro atoms. The number of rotatable bonds is 15. The second-order valence-electron chi connectivity index (χ2n) is 10.1. The number of allylic oxidation sites excluding steroid dienone is 1. The van der Waals surface area contributed by atoms with E-state index in [0.29, 0.717) is 6.61 Å². The molecule has 1 heterocycles. The van der Waals surface area contributed by atoms with E-state index in [1.165, 1.54) is 11.1 Å². The van der Waals surface area contributed by atoms with Crippen LogP contribution in [0.25, 0.3) is 16.7 Å². The smallest absolute Gasteiger partial charge is 0.119 e. The molecule has 1 fully saturated rings. The second kappa shape index (κ2) is 13.3. The molecule has 4 heteroatoms. The van der Waals surface area contributed by atoms with Crippen molar-refractivity contribution in [1.29, 1.82) is 0 Å². The van der Waals surface area contributed by atoms with E-state index < -0.39 is 0 Å². The van der Waals surface area contributed by atoms with Crippen LogP contribution in [0.3, 0.4) is 0 Å². The molecule has 0 amide bonds. The molecule has 1 saturated heterocycles. The van der Waals surface area contributed by atoms with Crippen molar-refractivity contribution in [3.05, 3.63) is 84.9 Å². The number of hydrogen-bond donors (Lipinski definition) is 0. The summed E-state index contributed by atoms with van der Waals surface area (Å²) in [5.41, 5.74) is 4.76. The Hall–Kier alpha value is -3.24. The molecule has 0 aromatic heterocycles. The zero-order valence-corrected chi connectivity index (χ0v) is 22.3. The van der Waals surface area contributed by atoms with Crippen molar-refractivity contribution < 1.29 is 18.9 Å². The van der Waals surface area contributed by atoms with Gasteiger partial charge in [0.05, 0.1) is 38.4 Å². The first-order chi connectivity index (χ1) is 18.1. The van der Waals surface area contributed by atoms with Gasteiger partial charge in [-0.1, -0.05) is 55.5 Å². The lowest BCUT2D eigenvalue weighted by atomic mass is 9.84. The molecule has 196 valence electrons. The maximum atomic E-state index is 6.02. The van der Waals surface area contributed by atoms with Crippen molar-refractivity contribution >= 4 is 5.57 Å². The summed E-state index contributed by atoms with van der Waals surface area (Å²) in [5.74, 6) is 2.75. The highest BCUT2D eigenvalue weighted by Gasteiger charge is 2.37. The summed E-state index contributed by atoms with van der Waals surface area (Å²) >= 11 is 0. The summed E-state index contributed by atoms with van der Waals surface area (Å²) in [5, 5.41) is 0. The zero-order valence-electron chi connectivity index (χ0n) is 22.3. The van der Waals surface area contributed by atoms with E-state index in [1.54, 1.807) is 0 Å². The van der Waals surface area contributed by atoms with Gasteiger partial charge in [-0.15, -0.1) is 0 Å². The van der Waals surface area contributed by atoms with E-state index in [2.05, 4.69) is 49.9 Å². The molecule has 0 unspecified atom stereocenters. The molecule has 0 bridgehead atoms. The van der Waals surface area contributed by atoms with Gasteiger partial charge in [-0.25, -0.2) is 0 Å². The summed E-state index contributed by atoms with van der Waals surface area (Å²) in [4.78, 5) is 0. The summed E-state index contributed by atoms with van der Waals surface area (Å²) in [7, 11) is 0. The quantitative estimate of drug-likeness (QED) is 0.197. The van der Waals surface area contributed by atoms with Crippen LogP contribution in [0.4, 0.5) is 0 Å². The van der Waals surface area contributed by atoms with Crippen LogP contribution in [0.2, 0.25) is 0 Å². The van der Waals surface area contributed by atoms with Gasteiger partial charge in [-0.3, -0.25) is 0 Å². The molecule has 1 aliphatic rings. The normalized spacial score (nSPS) is 14.0. The fourth-order valence-corrected chi connectivity index (χ4v) is 4.28. The average molecular weight is 501 g/mol. The lowest BCUT2D eigenvalue weighted by Gasteiger charge is -2.40. The largest absolute Gasteiger partial charge is 0.494 e. The predicted octanol–water partition coefficient (Wildman–Crippen LogP) is 8.21. The highest BCUT2D eigenvalue weighted by atomic mass is 16.5. The number of unbranched alkanes of at least 4 members (excludes halogenated alkanes) is 3. The molecule has 4 rings (SSSR count). The third kappa shape index (κ3) is 7.87. The summed E-state index contributed by atoms with van der Waals surface area (Å²) in [6.07, 6.45) is 5.45. The Morgan fingerprint density at radius 2 is 1.16 bits per heavy atom. The van der Waals surface area contributed by atoms with Gasteiger partial charge in [-0.05, 0) is 92.1 Å². The number of hydrogen-bond acceptors (Lipinski definition) is 4. The maximum absolute atomic E-state index is 6.02. The van der Waals surface area contributed by atoms with Crippen LogP contribution in [0.5, 0.6) is 17.2 Å². The highest BCUT2D eigenvalue weighted by Crippen LogP contribution is 2.32. The number of benzene rings is 3. The Morgan fingerprint density at radius 1 is 0.703 bits per heavy atom. The second-order valence-corrected chi connectivity index (χ2v) is 10.1. The Balaban J connectivity index is 1.09. The van der Waals surface area contributed by atoms with Crippen LogP contribution >= 0.6 is 0 Å². The Morgan fingerprint density at radius 3 is 1.57 bits per heavy atom. The van der Waals surface area contributed by atoms with E-state index >= 15 is 0 Å². The molecule has 1 aliphatic heterocycles. The van der Waals surface area contributed by atoms with Crippen LogP contribution in [0.1, 0.15) is 51.5 Å².